The van der Waals surface area contributed by atoms with E-state index >= 15 is 0 Å². The summed E-state index contributed by atoms with van der Waals surface area (Å²) in [4.78, 5) is 0. The van der Waals surface area contributed by atoms with E-state index in [1.54, 1.807) is 0 Å². The maximum atomic E-state index is 3.78. The van der Waals surface area contributed by atoms with Gasteiger partial charge in [0.15, 0.2) is 6.10 Å². The highest BCUT2D eigenvalue weighted by Crippen LogP contribution is 1.90. The van der Waals surface area contributed by atoms with Crippen molar-refractivity contribution in [2.45, 2.75) is 6.10 Å². The van der Waals surface area contributed by atoms with Gasteiger partial charge in [-0.15, -0.1) is 0 Å². The highest BCUT2D eigenvalue weighted by molar-refractivity contribution is 4.73. The fraction of sp³-hybridized carbons (Fsp3) is 0.750. The van der Waals surface area contributed by atoms with E-state index < -0.39 is 0 Å². The second-order valence-electron chi connectivity index (χ2n) is 1.49. The van der Waals surface area contributed by atoms with Crippen LogP contribution in [0.4, 0.5) is 0 Å². The zero-order valence-corrected chi connectivity index (χ0v) is 3.65. The van der Waals surface area contributed by atoms with Gasteiger partial charge in [-0.3, -0.25) is 0 Å². The minimum Gasteiger partial charge on any atom is -0.578 e. The van der Waals surface area contributed by atoms with Gasteiger partial charge in [0.1, 0.15) is 0 Å². The Hall–Kier alpha value is -0.0800. The normalized spacial score (nSPS) is 23.5. The molecule has 0 saturated carbocycles. The molecular weight excluding hydrogens is 78.0 g/mol. The molecule has 1 rings (SSSR count). The van der Waals surface area contributed by atoms with Crippen LogP contribution >= 0.6 is 0 Å². The van der Waals surface area contributed by atoms with Crippen LogP contribution in [0.3, 0.4) is 0 Å². The summed E-state index contributed by atoms with van der Waals surface area (Å²) in [5, 5.41) is 3.08. The van der Waals surface area contributed by atoms with Crippen molar-refractivity contribution in [3.63, 3.8) is 0 Å². The van der Waals surface area contributed by atoms with E-state index in [-0.39, 0.29) is 0 Å². The largest absolute Gasteiger partial charge is 0.578 e. The Morgan fingerprint density at radius 1 is 1.67 bits per heavy atom. The maximum absolute atomic E-state index is 3.78. The van der Waals surface area contributed by atoms with E-state index in [2.05, 4.69) is 17.2 Å². The molecule has 1 saturated heterocycles. The van der Waals surface area contributed by atoms with E-state index in [9.17, 15) is 0 Å². The molecule has 0 aliphatic carbocycles. The Morgan fingerprint density at radius 2 is 2.33 bits per heavy atom. The quantitative estimate of drug-likeness (QED) is 0.331. The summed E-state index contributed by atoms with van der Waals surface area (Å²) in [5.74, 6) is 0. The topological polar surface area (TPSA) is 24.8 Å². The van der Waals surface area contributed by atoms with Crippen molar-refractivity contribution in [3.8, 4) is 0 Å². The molecule has 1 fully saturated rings. The van der Waals surface area contributed by atoms with Gasteiger partial charge >= 0.3 is 0 Å². The van der Waals surface area contributed by atoms with Crippen molar-refractivity contribution in [2.75, 3.05) is 13.1 Å². The van der Waals surface area contributed by atoms with E-state index in [1.165, 1.54) is 0 Å². The minimum atomic E-state index is 0.519. The molecule has 2 nitrogen and oxygen atoms in total. The molecule has 0 aromatic carbocycles. The van der Waals surface area contributed by atoms with Gasteiger partial charge < -0.3 is 10.1 Å². The van der Waals surface area contributed by atoms with Crippen LogP contribution in [0.15, 0.2) is 0 Å². The molecule has 0 bridgehead atoms. The molecule has 0 radical (unpaired) electrons. The summed E-state index contributed by atoms with van der Waals surface area (Å²) in [6, 6.07) is 0. The Balaban J connectivity index is 2.01. The molecule has 1 heterocycles. The van der Waals surface area contributed by atoms with Gasteiger partial charge in [0.25, 0.3) is 0 Å². The van der Waals surface area contributed by atoms with Crippen molar-refractivity contribution in [1.29, 1.82) is 0 Å². The molecule has 0 aromatic heterocycles. The predicted octanol–water partition coefficient (Wildman–Crippen LogP) is -0.722. The SMILES string of the molecule is [CH2-][OH+]C1CNC1. The summed E-state index contributed by atoms with van der Waals surface area (Å²) in [6.07, 6.45) is 0.519. The molecule has 0 unspecified atom stereocenters. The van der Waals surface area contributed by atoms with Crippen LogP contribution in [0.1, 0.15) is 0 Å². The summed E-state index contributed by atoms with van der Waals surface area (Å²) >= 11 is 0. The van der Waals surface area contributed by atoms with E-state index in [1.807, 2.05) is 0 Å². The highest BCUT2D eigenvalue weighted by Gasteiger charge is 2.16. The van der Waals surface area contributed by atoms with Crippen molar-refractivity contribution in [3.05, 3.63) is 7.11 Å². The molecule has 2 N–H and O–H groups in total. The third-order valence-corrected chi connectivity index (χ3v) is 1.02. The van der Waals surface area contributed by atoms with Crippen LogP contribution in [0.25, 0.3) is 0 Å². The Morgan fingerprint density at radius 3 is 2.33 bits per heavy atom. The molecular formula is C4H9NO. The van der Waals surface area contributed by atoms with Gasteiger partial charge in [-0.2, -0.15) is 0 Å². The summed E-state index contributed by atoms with van der Waals surface area (Å²) < 4.78 is 3.78. The molecule has 1 aliphatic rings. The van der Waals surface area contributed by atoms with E-state index in [4.69, 9.17) is 0 Å². The van der Waals surface area contributed by atoms with Crippen LogP contribution in [0.2, 0.25) is 0 Å². The third-order valence-electron chi connectivity index (χ3n) is 1.02. The van der Waals surface area contributed by atoms with E-state index in [0.717, 1.165) is 13.1 Å². The molecule has 0 aromatic rings. The van der Waals surface area contributed by atoms with Gasteiger partial charge in [0, 0.05) is 0 Å². The second kappa shape index (κ2) is 1.58. The van der Waals surface area contributed by atoms with Crippen LogP contribution in [0, 0.1) is 7.11 Å². The number of ether oxygens (including phenoxy) is 1. The Labute approximate surface area is 37.5 Å². The van der Waals surface area contributed by atoms with Gasteiger partial charge in [0.2, 0.25) is 0 Å². The Bertz CT molecular complexity index is 40.1. The van der Waals surface area contributed by atoms with Crippen molar-refractivity contribution < 1.29 is 4.74 Å². The van der Waals surface area contributed by atoms with Gasteiger partial charge in [0.05, 0.1) is 13.1 Å². The number of hydrogen-bond donors (Lipinski definition) is 1. The van der Waals surface area contributed by atoms with Crippen LogP contribution in [0.5, 0.6) is 0 Å². The monoisotopic (exact) mass is 87.1 g/mol. The van der Waals surface area contributed by atoms with Crippen molar-refractivity contribution in [1.82, 2.24) is 5.32 Å². The first kappa shape index (κ1) is 4.09. The molecule has 36 valence electrons. The summed E-state index contributed by atoms with van der Waals surface area (Å²) in [5.41, 5.74) is 0. The smallest absolute Gasteiger partial charge is 0.154 e. The fourth-order valence-electron chi connectivity index (χ4n) is 0.403. The molecule has 0 atom stereocenters. The fourth-order valence-corrected chi connectivity index (χ4v) is 0.403. The predicted molar refractivity (Wildman–Crippen MR) is 24.2 cm³/mol. The minimum absolute atomic E-state index is 0.519. The first-order valence-electron chi connectivity index (χ1n) is 2.10. The van der Waals surface area contributed by atoms with Crippen molar-refractivity contribution >= 4 is 0 Å². The maximum Gasteiger partial charge on any atom is 0.154 e. The number of nitrogens with one attached hydrogen (secondary N) is 1. The van der Waals surface area contributed by atoms with Crippen LogP contribution in [-0.4, -0.2) is 23.9 Å². The lowest BCUT2D eigenvalue weighted by atomic mass is 10.2. The summed E-state index contributed by atoms with van der Waals surface area (Å²) in [7, 11) is 3.39. The first-order valence-corrected chi connectivity index (χ1v) is 2.10. The third kappa shape index (κ3) is 0.533. The lowest BCUT2D eigenvalue weighted by Gasteiger charge is -2.24. The molecule has 0 amide bonds. The second-order valence-corrected chi connectivity index (χ2v) is 1.49. The molecule has 2 heteroatoms. The lowest BCUT2D eigenvalue weighted by molar-refractivity contribution is -0.0539. The highest BCUT2D eigenvalue weighted by atomic mass is 16.5. The average Bonchev–Trinajstić information content (AvgIpc) is 1.31. The molecule has 1 aliphatic heterocycles. The molecule has 0 spiro atoms. The van der Waals surface area contributed by atoms with Crippen molar-refractivity contribution in [2.24, 2.45) is 0 Å². The van der Waals surface area contributed by atoms with E-state index in [0.29, 0.717) is 6.10 Å². The number of aliphatic hydroxyl groups is 2. The van der Waals surface area contributed by atoms with Crippen LogP contribution in [-0.2, 0) is 0 Å². The average molecular weight is 87.1 g/mol. The van der Waals surface area contributed by atoms with Crippen LogP contribution < -0.4 is 5.32 Å². The zero-order valence-electron chi connectivity index (χ0n) is 3.65. The van der Waals surface area contributed by atoms with Gasteiger partial charge in [-0.05, 0) is 0 Å². The zero-order chi connectivity index (χ0) is 4.41. The number of hydrogen-bond acceptors (Lipinski definition) is 1. The Kier molecular flexibility index (Phi) is 1.08. The number of rotatable bonds is 1. The lowest BCUT2D eigenvalue weighted by Crippen LogP contribution is -2.49. The molecule has 6 heavy (non-hydrogen) atoms. The summed E-state index contributed by atoms with van der Waals surface area (Å²) in [6.45, 7) is 2.06. The van der Waals surface area contributed by atoms with Gasteiger partial charge in [-0.1, -0.05) is 7.11 Å². The standard InChI is InChI=1S/C4H9NO/c1-6-4-2-5-3-4/h4-6H,1-3H2. The van der Waals surface area contributed by atoms with Gasteiger partial charge in [-0.25, -0.2) is 0 Å². The first-order chi connectivity index (χ1) is 2.93.